The predicted molar refractivity (Wildman–Crippen MR) is 49.4 cm³/mol. The molecule has 0 saturated carbocycles. The van der Waals surface area contributed by atoms with E-state index in [0.717, 1.165) is 0 Å². The fourth-order valence-corrected chi connectivity index (χ4v) is 1.07. The third kappa shape index (κ3) is 4.80. The van der Waals surface area contributed by atoms with Crippen molar-refractivity contribution in [2.75, 3.05) is 13.2 Å². The van der Waals surface area contributed by atoms with Gasteiger partial charge in [-0.15, -0.1) is 5.10 Å². The van der Waals surface area contributed by atoms with Crippen molar-refractivity contribution in [1.29, 1.82) is 0 Å². The second-order valence-electron chi connectivity index (χ2n) is 3.07. The van der Waals surface area contributed by atoms with Gasteiger partial charge in [-0.1, -0.05) is 5.21 Å². The molecular weight excluding hydrogens is 206 g/mol. The van der Waals surface area contributed by atoms with Crippen molar-refractivity contribution in [2.24, 2.45) is 0 Å². The molecule has 0 aliphatic heterocycles. The highest BCUT2D eigenvalue weighted by atomic mass is 19.3. The monoisotopic (exact) mass is 220 g/mol. The van der Waals surface area contributed by atoms with Crippen LogP contribution in [0.5, 0.6) is 0 Å². The van der Waals surface area contributed by atoms with E-state index >= 15 is 0 Å². The third-order valence-electron chi connectivity index (χ3n) is 1.74. The minimum atomic E-state index is -2.35. The highest BCUT2D eigenvalue weighted by molar-refractivity contribution is 4.91. The third-order valence-corrected chi connectivity index (χ3v) is 1.74. The molecule has 1 aromatic rings. The topological polar surface area (TPSA) is 63.0 Å². The van der Waals surface area contributed by atoms with Gasteiger partial charge in [0.15, 0.2) is 0 Å². The lowest BCUT2D eigenvalue weighted by molar-refractivity contribution is 0.145. The molecule has 0 unspecified atom stereocenters. The Balaban J connectivity index is 2.26. The van der Waals surface area contributed by atoms with Crippen LogP contribution in [-0.2, 0) is 13.1 Å². The standard InChI is InChI=1S/C8H14F2N4O/c9-8(10)5-11-4-7-6-14(13-12-7)2-1-3-15/h6,8,11,15H,1-5H2. The molecule has 0 saturated heterocycles. The molecule has 1 aromatic heterocycles. The maximum Gasteiger partial charge on any atom is 0.250 e. The molecule has 2 N–H and O–H groups in total. The number of aromatic nitrogens is 3. The molecule has 0 bridgehead atoms. The maximum absolute atomic E-state index is 11.8. The van der Waals surface area contributed by atoms with E-state index in [1.807, 2.05) is 0 Å². The molecule has 5 nitrogen and oxygen atoms in total. The Labute approximate surface area is 86.1 Å². The number of alkyl halides is 2. The van der Waals surface area contributed by atoms with Crippen LogP contribution in [0, 0.1) is 0 Å². The van der Waals surface area contributed by atoms with E-state index < -0.39 is 6.43 Å². The number of nitrogens with zero attached hydrogens (tertiary/aromatic N) is 3. The lowest BCUT2D eigenvalue weighted by Crippen LogP contribution is -2.20. The number of aliphatic hydroxyl groups is 1. The van der Waals surface area contributed by atoms with E-state index in [4.69, 9.17) is 5.11 Å². The Bertz CT molecular complexity index is 279. The number of rotatable bonds is 7. The number of aliphatic hydroxyl groups excluding tert-OH is 1. The first-order valence-corrected chi connectivity index (χ1v) is 4.71. The van der Waals surface area contributed by atoms with Gasteiger partial charge in [-0.3, -0.25) is 4.68 Å². The average Bonchev–Trinajstić information content (AvgIpc) is 2.62. The van der Waals surface area contributed by atoms with Crippen LogP contribution in [0.2, 0.25) is 0 Å². The molecule has 0 aromatic carbocycles. The van der Waals surface area contributed by atoms with Crippen LogP contribution in [0.3, 0.4) is 0 Å². The van der Waals surface area contributed by atoms with Crippen LogP contribution < -0.4 is 5.32 Å². The molecule has 0 amide bonds. The molecule has 0 spiro atoms. The Morgan fingerprint density at radius 1 is 1.53 bits per heavy atom. The van der Waals surface area contributed by atoms with Gasteiger partial charge in [-0.25, -0.2) is 8.78 Å². The van der Waals surface area contributed by atoms with Crippen LogP contribution in [0.1, 0.15) is 12.1 Å². The molecular formula is C8H14F2N4O. The zero-order valence-corrected chi connectivity index (χ0v) is 8.24. The van der Waals surface area contributed by atoms with Crippen molar-refractivity contribution >= 4 is 0 Å². The summed E-state index contributed by atoms with van der Waals surface area (Å²) < 4.78 is 25.1. The lowest BCUT2D eigenvalue weighted by Gasteiger charge is -1.99. The van der Waals surface area contributed by atoms with E-state index in [-0.39, 0.29) is 19.7 Å². The van der Waals surface area contributed by atoms with E-state index in [1.165, 1.54) is 0 Å². The number of halogens is 2. The van der Waals surface area contributed by atoms with E-state index in [0.29, 0.717) is 18.7 Å². The van der Waals surface area contributed by atoms with Gasteiger partial charge in [-0.05, 0) is 6.42 Å². The Morgan fingerprint density at radius 3 is 3.00 bits per heavy atom. The Kier molecular flexibility index (Phi) is 5.13. The molecule has 1 rings (SSSR count). The first-order chi connectivity index (χ1) is 7.22. The van der Waals surface area contributed by atoms with Crippen LogP contribution in [0.4, 0.5) is 8.78 Å². The summed E-state index contributed by atoms with van der Waals surface area (Å²) in [5, 5.41) is 18.7. The summed E-state index contributed by atoms with van der Waals surface area (Å²) in [6, 6.07) is 0. The zero-order chi connectivity index (χ0) is 11.1. The van der Waals surface area contributed by atoms with Crippen molar-refractivity contribution in [2.45, 2.75) is 25.9 Å². The first-order valence-electron chi connectivity index (χ1n) is 4.71. The second kappa shape index (κ2) is 6.41. The van der Waals surface area contributed by atoms with Gasteiger partial charge in [0.1, 0.15) is 0 Å². The van der Waals surface area contributed by atoms with E-state index in [2.05, 4.69) is 15.6 Å². The minimum absolute atomic E-state index is 0.0961. The molecule has 15 heavy (non-hydrogen) atoms. The normalized spacial score (nSPS) is 11.2. The van der Waals surface area contributed by atoms with Crippen LogP contribution in [-0.4, -0.2) is 39.7 Å². The predicted octanol–water partition coefficient (Wildman–Crippen LogP) is 0.0152. The van der Waals surface area contributed by atoms with E-state index in [9.17, 15) is 8.78 Å². The number of hydrogen-bond acceptors (Lipinski definition) is 4. The van der Waals surface area contributed by atoms with Gasteiger partial charge in [0.25, 0.3) is 6.43 Å². The summed E-state index contributed by atoms with van der Waals surface area (Å²) in [5.74, 6) is 0. The fraction of sp³-hybridized carbons (Fsp3) is 0.750. The molecule has 0 fully saturated rings. The number of nitrogens with one attached hydrogen (secondary N) is 1. The van der Waals surface area contributed by atoms with Crippen LogP contribution in [0.15, 0.2) is 6.20 Å². The van der Waals surface area contributed by atoms with Crippen LogP contribution >= 0.6 is 0 Å². The number of hydrogen-bond donors (Lipinski definition) is 2. The summed E-state index contributed by atoms with van der Waals surface area (Å²) in [7, 11) is 0. The molecule has 0 radical (unpaired) electrons. The van der Waals surface area contributed by atoms with Crippen molar-refractivity contribution in [3.05, 3.63) is 11.9 Å². The lowest BCUT2D eigenvalue weighted by atomic mass is 10.4. The molecule has 0 aliphatic carbocycles. The zero-order valence-electron chi connectivity index (χ0n) is 8.24. The van der Waals surface area contributed by atoms with Crippen LogP contribution in [0.25, 0.3) is 0 Å². The average molecular weight is 220 g/mol. The summed E-state index contributed by atoms with van der Waals surface area (Å²) in [4.78, 5) is 0. The quantitative estimate of drug-likeness (QED) is 0.679. The van der Waals surface area contributed by atoms with Gasteiger partial charge in [0.05, 0.1) is 12.2 Å². The van der Waals surface area contributed by atoms with Crippen molar-refractivity contribution in [1.82, 2.24) is 20.3 Å². The molecule has 0 aliphatic rings. The Hall–Kier alpha value is -1.08. The van der Waals surface area contributed by atoms with Gasteiger partial charge < -0.3 is 10.4 Å². The SMILES string of the molecule is OCCCn1cc(CNCC(F)F)nn1. The molecule has 1 heterocycles. The van der Waals surface area contributed by atoms with Gasteiger partial charge in [0.2, 0.25) is 0 Å². The summed E-state index contributed by atoms with van der Waals surface area (Å²) in [5.41, 5.74) is 0.619. The van der Waals surface area contributed by atoms with Gasteiger partial charge in [-0.2, -0.15) is 0 Å². The highest BCUT2D eigenvalue weighted by Gasteiger charge is 2.03. The van der Waals surface area contributed by atoms with Gasteiger partial charge >= 0.3 is 0 Å². The van der Waals surface area contributed by atoms with Crippen molar-refractivity contribution < 1.29 is 13.9 Å². The Morgan fingerprint density at radius 2 is 2.33 bits per heavy atom. The molecule has 0 atom stereocenters. The smallest absolute Gasteiger partial charge is 0.250 e. The largest absolute Gasteiger partial charge is 0.396 e. The highest BCUT2D eigenvalue weighted by Crippen LogP contribution is 1.95. The van der Waals surface area contributed by atoms with E-state index in [1.54, 1.807) is 10.9 Å². The summed E-state index contributed by atoms with van der Waals surface area (Å²) >= 11 is 0. The minimum Gasteiger partial charge on any atom is -0.396 e. The molecule has 86 valence electrons. The van der Waals surface area contributed by atoms with Crippen molar-refractivity contribution in [3.63, 3.8) is 0 Å². The van der Waals surface area contributed by atoms with Crippen molar-refractivity contribution in [3.8, 4) is 0 Å². The summed E-state index contributed by atoms with van der Waals surface area (Å²) in [6.07, 6.45) is -0.0732. The first kappa shape index (κ1) is 12.0. The fourth-order valence-electron chi connectivity index (χ4n) is 1.07. The number of aryl methyl sites for hydroxylation is 1. The maximum atomic E-state index is 11.8. The second-order valence-corrected chi connectivity index (χ2v) is 3.07. The van der Waals surface area contributed by atoms with Gasteiger partial charge in [0, 0.05) is 25.9 Å². The summed E-state index contributed by atoms with van der Waals surface area (Å²) in [6.45, 7) is 0.615. The molecule has 7 heteroatoms.